The molecule has 0 bridgehead atoms. The van der Waals surface area contributed by atoms with Gasteiger partial charge in [0.15, 0.2) is 11.5 Å². The Morgan fingerprint density at radius 3 is 2.69 bits per heavy atom. The summed E-state index contributed by atoms with van der Waals surface area (Å²) in [5, 5.41) is 15.4. The van der Waals surface area contributed by atoms with Gasteiger partial charge in [-0.05, 0) is 39.8 Å². The van der Waals surface area contributed by atoms with Gasteiger partial charge in [-0.3, -0.25) is 9.80 Å². The van der Waals surface area contributed by atoms with Gasteiger partial charge in [0.1, 0.15) is 18.1 Å². The number of ether oxygens (including phenoxy) is 3. The predicted octanol–water partition coefficient (Wildman–Crippen LogP) is 6.25. The van der Waals surface area contributed by atoms with Crippen molar-refractivity contribution in [2.45, 2.75) is 49.4 Å². The summed E-state index contributed by atoms with van der Waals surface area (Å²) >= 11 is 1.24. The quantitative estimate of drug-likeness (QED) is 0.196. The number of alkyl halides is 4. The van der Waals surface area contributed by atoms with Crippen LogP contribution in [0.1, 0.15) is 41.1 Å². The number of aliphatic hydroxyl groups excluding tert-OH is 1. The lowest BCUT2D eigenvalue weighted by Crippen LogP contribution is -2.67. The normalized spacial score (nSPS) is 24.6. The lowest BCUT2D eigenvalue weighted by atomic mass is 9.80. The highest BCUT2D eigenvalue weighted by Crippen LogP contribution is 2.59. The van der Waals surface area contributed by atoms with Crippen molar-refractivity contribution in [1.82, 2.24) is 14.9 Å². The molecule has 2 saturated heterocycles. The number of hydrazine groups is 1. The minimum absolute atomic E-state index is 0.0146. The summed E-state index contributed by atoms with van der Waals surface area (Å²) in [5.41, 5.74) is 1.20. The van der Waals surface area contributed by atoms with Gasteiger partial charge in [0, 0.05) is 48.0 Å². The van der Waals surface area contributed by atoms with E-state index in [1.54, 1.807) is 29.6 Å². The van der Waals surface area contributed by atoms with Crippen molar-refractivity contribution in [3.8, 4) is 21.6 Å². The van der Waals surface area contributed by atoms with Crippen LogP contribution in [0.15, 0.2) is 65.5 Å². The molecule has 1 N–H and O–H groups in total. The second-order valence-electron chi connectivity index (χ2n) is 12.1. The third-order valence-corrected chi connectivity index (χ3v) is 10.5. The smallest absolute Gasteiger partial charge is 0.456 e. The Bertz CT molecular complexity index is 1950. The van der Waals surface area contributed by atoms with Gasteiger partial charge in [-0.25, -0.2) is 26.7 Å². The number of hydrogen-bond donors (Lipinski definition) is 1. The van der Waals surface area contributed by atoms with Gasteiger partial charge in [0.25, 0.3) is 17.8 Å². The highest BCUT2D eigenvalue weighted by Gasteiger charge is 2.56. The van der Waals surface area contributed by atoms with E-state index in [0.29, 0.717) is 27.1 Å². The molecule has 4 heterocycles. The molecule has 2 aromatic carbocycles. The first-order valence-corrected chi connectivity index (χ1v) is 15.9. The molecule has 3 aromatic rings. The summed E-state index contributed by atoms with van der Waals surface area (Å²) in [6.07, 6.45) is -3.46. The number of carbonyl (C=O) groups is 2. The highest BCUT2D eigenvalue weighted by molar-refractivity contribution is 7.14. The zero-order chi connectivity index (χ0) is 33.7. The van der Waals surface area contributed by atoms with E-state index in [0.717, 1.165) is 13.2 Å². The fourth-order valence-corrected chi connectivity index (χ4v) is 8.58. The van der Waals surface area contributed by atoms with Gasteiger partial charge in [-0.1, -0.05) is 30.3 Å². The van der Waals surface area contributed by atoms with Crippen molar-refractivity contribution >= 4 is 23.4 Å². The summed E-state index contributed by atoms with van der Waals surface area (Å²) in [7, 11) is 1.08. The number of hydrogen-bond acceptors (Lipinski definition) is 9. The zero-order valence-electron chi connectivity index (χ0n) is 25.1. The molecule has 1 aromatic heterocycles. The minimum atomic E-state index is -3.57. The third-order valence-electron chi connectivity index (χ3n) is 9.42. The van der Waals surface area contributed by atoms with Crippen molar-refractivity contribution in [1.29, 1.82) is 0 Å². The largest absolute Gasteiger partial charge is 0.510 e. The molecule has 1 unspecified atom stereocenters. The van der Waals surface area contributed by atoms with Gasteiger partial charge < -0.3 is 24.2 Å². The molecular weight excluding hydrogens is 661 g/mol. The molecule has 0 spiro atoms. The van der Waals surface area contributed by atoms with Crippen LogP contribution in [0.2, 0.25) is 0 Å². The molecule has 5 aliphatic rings. The summed E-state index contributed by atoms with van der Waals surface area (Å²) < 4.78 is 92.7. The van der Waals surface area contributed by atoms with E-state index in [9.17, 15) is 14.7 Å². The average Bonchev–Trinajstić information content (AvgIpc) is 3.41. The predicted molar refractivity (Wildman–Crippen MR) is 160 cm³/mol. The summed E-state index contributed by atoms with van der Waals surface area (Å²) in [4.78, 5) is 27.6. The number of rotatable bonds is 4. The number of aliphatic hydroxyl groups is 1. The Kier molecular flexibility index (Phi) is 6.92. The van der Waals surface area contributed by atoms with Gasteiger partial charge >= 0.3 is 6.16 Å². The van der Waals surface area contributed by atoms with Gasteiger partial charge in [-0.15, -0.1) is 11.3 Å². The van der Waals surface area contributed by atoms with E-state index < -0.39 is 79.7 Å². The first kappa shape index (κ1) is 30.8. The molecule has 2 fully saturated rings. The highest BCUT2D eigenvalue weighted by atomic mass is 32.1. The van der Waals surface area contributed by atoms with Crippen molar-refractivity contribution in [3.05, 3.63) is 93.6 Å². The van der Waals surface area contributed by atoms with Crippen molar-refractivity contribution in [3.63, 3.8) is 0 Å². The number of thiophene rings is 1. The van der Waals surface area contributed by atoms with E-state index in [4.69, 9.17) is 9.47 Å². The number of benzene rings is 2. The molecular formula is C33H26F5N3O6S. The van der Waals surface area contributed by atoms with Crippen LogP contribution >= 0.6 is 11.3 Å². The molecule has 0 radical (unpaired) electrons. The topological polar surface area (TPSA) is 91.8 Å². The molecule has 3 aliphatic heterocycles. The van der Waals surface area contributed by atoms with E-state index in [-0.39, 0.29) is 29.1 Å². The number of nitrogens with zero attached hydrogens (tertiary/aromatic N) is 3. The Morgan fingerprint density at radius 2 is 1.90 bits per heavy atom. The fourth-order valence-electron chi connectivity index (χ4n) is 7.46. The Labute approximate surface area is 274 Å². The number of piperidine rings is 1. The molecule has 8 rings (SSSR count). The van der Waals surface area contributed by atoms with Crippen molar-refractivity contribution < 1.29 is 50.9 Å². The first-order chi connectivity index (χ1) is 22.9. The summed E-state index contributed by atoms with van der Waals surface area (Å²) in [6.45, 7) is -1.13. The van der Waals surface area contributed by atoms with Crippen LogP contribution < -0.4 is 0 Å². The fraction of sp³-hybridized carbons (Fsp3) is 0.333. The second kappa shape index (κ2) is 10.8. The maximum Gasteiger partial charge on any atom is 0.510 e. The molecule has 15 heteroatoms. The third kappa shape index (κ3) is 4.47. The number of amides is 1. The lowest BCUT2D eigenvalue weighted by molar-refractivity contribution is -0.197. The van der Waals surface area contributed by atoms with Crippen LogP contribution in [0.3, 0.4) is 0 Å². The first-order valence-electron chi connectivity index (χ1n) is 15.0. The average molecular weight is 688 g/mol. The Balaban J connectivity index is 1.39. The number of methoxy groups -OCH3 is 1. The van der Waals surface area contributed by atoms with Crippen LogP contribution in [0.25, 0.3) is 21.6 Å². The molecule has 0 saturated carbocycles. The monoisotopic (exact) mass is 687 g/mol. The van der Waals surface area contributed by atoms with Crippen molar-refractivity contribution in [2.24, 2.45) is 0 Å². The van der Waals surface area contributed by atoms with E-state index in [2.05, 4.69) is 4.74 Å². The van der Waals surface area contributed by atoms with Crippen LogP contribution in [-0.2, 0) is 31.3 Å². The Morgan fingerprint density at radius 1 is 1.10 bits per heavy atom. The maximum atomic E-state index is 15.8. The molecule has 2 aliphatic carbocycles. The number of fused-ring (bicyclic) bond motifs is 4. The second-order valence-corrected chi connectivity index (χ2v) is 13.0. The standard InChI is InChI=1S/C33H26F5N3O6S/c1-45-31(44)47-15-46-28-21(42)8-10-40-27(28)30(43)39-11-9-32(35,36)13-22(39)41(40)26-17-4-2-3-5-18(17)29-23-16(14-48-29)12-33(37,38)25-20(34)7-6-19(26)24(23)25/h2-8,10,14,21-22,26,42H,9,11-13,15H2,1H3/t21?,22-,26-/m1/s1. The van der Waals surface area contributed by atoms with E-state index in [1.165, 1.54) is 44.6 Å². The molecule has 3 atom stereocenters. The Hall–Kier alpha value is -4.47. The van der Waals surface area contributed by atoms with Crippen LogP contribution in [0.5, 0.6) is 0 Å². The van der Waals surface area contributed by atoms with E-state index >= 15 is 22.0 Å². The molecule has 1 amide bonds. The zero-order valence-corrected chi connectivity index (χ0v) is 25.9. The number of carbonyl (C=O) groups excluding carboxylic acids is 2. The van der Waals surface area contributed by atoms with Crippen molar-refractivity contribution in [2.75, 3.05) is 20.4 Å². The lowest BCUT2D eigenvalue weighted by Gasteiger charge is -2.56. The SMILES string of the molecule is COC(=O)OCOC1=C2C(=O)N3CCC(F)(F)C[C@H]3N([C@@H]3c4ccccc4-c4scc5c4-c4c3ccc(F)c4C(F)(F)C5)N2C=CC1O. The molecule has 48 heavy (non-hydrogen) atoms. The maximum absolute atomic E-state index is 15.8. The number of halogens is 5. The van der Waals surface area contributed by atoms with Crippen LogP contribution in [-0.4, -0.2) is 70.7 Å². The molecule has 250 valence electrons. The van der Waals surface area contributed by atoms with Gasteiger partial charge in [0.05, 0.1) is 18.7 Å². The van der Waals surface area contributed by atoms with Gasteiger partial charge in [-0.2, -0.15) is 5.01 Å². The summed E-state index contributed by atoms with van der Waals surface area (Å²) in [5.74, 6) is -8.92. The minimum Gasteiger partial charge on any atom is -0.456 e. The summed E-state index contributed by atoms with van der Waals surface area (Å²) in [6, 6.07) is 8.30. The van der Waals surface area contributed by atoms with Gasteiger partial charge in [0.2, 0.25) is 6.79 Å². The molecule has 9 nitrogen and oxygen atoms in total. The van der Waals surface area contributed by atoms with Crippen LogP contribution in [0, 0.1) is 5.82 Å². The van der Waals surface area contributed by atoms with E-state index in [1.807, 2.05) is 0 Å². The van der Waals surface area contributed by atoms with Crippen LogP contribution in [0.4, 0.5) is 26.7 Å².